The minimum atomic E-state index is -0.0855. The molecule has 0 spiro atoms. The Morgan fingerprint density at radius 3 is 2.53 bits per heavy atom. The van der Waals surface area contributed by atoms with Crippen LogP contribution in [0.15, 0.2) is 12.3 Å². The second kappa shape index (κ2) is 8.62. The molecule has 4 heteroatoms. The molecule has 0 heterocycles. The van der Waals surface area contributed by atoms with Crippen LogP contribution in [0.4, 0.5) is 0 Å². The molecule has 2 N–H and O–H groups in total. The van der Waals surface area contributed by atoms with Gasteiger partial charge in [-0.3, -0.25) is 10.2 Å². The molecule has 0 aromatic carbocycles. The van der Waals surface area contributed by atoms with Gasteiger partial charge in [0.1, 0.15) is 11.8 Å². The molecular weight excluding hydrogens is 394 g/mol. The summed E-state index contributed by atoms with van der Waals surface area (Å²) in [5.41, 5.74) is 0.0862. The van der Waals surface area contributed by atoms with E-state index in [1.807, 2.05) is 0 Å². The number of rotatable bonds is 6. The third kappa shape index (κ3) is 3.84. The number of nitriles is 1. The first-order valence-electron chi connectivity index (χ1n) is 13.3. The predicted molar refractivity (Wildman–Crippen MR) is 127 cm³/mol. The highest BCUT2D eigenvalue weighted by Crippen LogP contribution is 2.69. The third-order valence-corrected chi connectivity index (χ3v) is 10.7. The molecule has 0 radical (unpaired) electrons. The summed E-state index contributed by atoms with van der Waals surface area (Å²) in [5, 5.41) is 19.2. The molecule has 0 amide bonds. The molecule has 5 aliphatic rings. The molecule has 174 valence electrons. The first kappa shape index (κ1) is 22.2. The van der Waals surface area contributed by atoms with Gasteiger partial charge in [0.25, 0.3) is 0 Å². The van der Waals surface area contributed by atoms with E-state index in [9.17, 15) is 4.79 Å². The minimum absolute atomic E-state index is 0.0855. The van der Waals surface area contributed by atoms with Crippen molar-refractivity contribution in [3.05, 3.63) is 12.3 Å². The summed E-state index contributed by atoms with van der Waals surface area (Å²) in [5.74, 6) is 7.58. The van der Waals surface area contributed by atoms with E-state index in [0.717, 1.165) is 53.8 Å². The first-order valence-corrected chi connectivity index (χ1v) is 13.3. The lowest BCUT2D eigenvalue weighted by Gasteiger charge is -2.57. The Kier molecular flexibility index (Phi) is 5.97. The average molecular weight is 436 g/mol. The van der Waals surface area contributed by atoms with Crippen LogP contribution in [0.5, 0.6) is 0 Å². The van der Waals surface area contributed by atoms with Crippen LogP contribution in [-0.4, -0.2) is 18.0 Å². The van der Waals surface area contributed by atoms with Gasteiger partial charge in [-0.05, 0) is 123 Å². The van der Waals surface area contributed by atoms with Gasteiger partial charge in [-0.25, -0.2) is 0 Å². The second-order valence-electron chi connectivity index (χ2n) is 12.3. The average Bonchev–Trinajstić information content (AvgIpc) is 3.57. The van der Waals surface area contributed by atoms with Crippen molar-refractivity contribution >= 4 is 11.5 Å². The lowest BCUT2D eigenvalue weighted by molar-refractivity contribution is -0.130. The lowest BCUT2D eigenvalue weighted by atomic mass is 9.48. The van der Waals surface area contributed by atoms with E-state index in [1.165, 1.54) is 63.9 Å². The fourth-order valence-electron chi connectivity index (χ4n) is 9.24. The van der Waals surface area contributed by atoms with Gasteiger partial charge in [-0.1, -0.05) is 20.3 Å². The molecule has 0 aromatic rings. The van der Waals surface area contributed by atoms with Crippen LogP contribution in [-0.2, 0) is 4.79 Å². The molecule has 5 rings (SSSR count). The molecule has 5 saturated carbocycles. The maximum absolute atomic E-state index is 13.4. The number of allylic oxidation sites excluding steroid dienone is 1. The summed E-state index contributed by atoms with van der Waals surface area (Å²) in [6.45, 7) is 5.27. The zero-order valence-corrected chi connectivity index (χ0v) is 20.0. The zero-order valence-electron chi connectivity index (χ0n) is 20.0. The van der Waals surface area contributed by atoms with E-state index >= 15 is 0 Å². The van der Waals surface area contributed by atoms with Crippen molar-refractivity contribution in [2.45, 2.75) is 78.1 Å². The van der Waals surface area contributed by atoms with Crippen molar-refractivity contribution in [3.8, 4) is 6.07 Å². The van der Waals surface area contributed by atoms with Gasteiger partial charge >= 0.3 is 0 Å². The molecule has 0 bridgehead atoms. The fraction of sp³-hybridized carbons (Fsp3) is 0.821. The summed E-state index contributed by atoms with van der Waals surface area (Å²) in [6.07, 6.45) is 16.7. The Hall–Kier alpha value is -1.63. The Balaban J connectivity index is 1.33. The number of hydrogen-bond donors (Lipinski definition) is 2. The van der Waals surface area contributed by atoms with Crippen LogP contribution in [0.2, 0.25) is 0 Å². The molecule has 5 fully saturated rings. The number of nitrogens with zero attached hydrogens (tertiary/aromatic N) is 1. The number of nitrogens with one attached hydrogen (secondary N) is 2. The largest absolute Gasteiger partial charge is 0.384 e. The number of ketones is 1. The van der Waals surface area contributed by atoms with Gasteiger partial charge in [-0.2, -0.15) is 5.26 Å². The molecule has 4 nitrogen and oxygen atoms in total. The summed E-state index contributed by atoms with van der Waals surface area (Å²) in [6, 6.07) is 1.80. The topological polar surface area (TPSA) is 76.7 Å². The van der Waals surface area contributed by atoms with Crippen LogP contribution in [0.1, 0.15) is 78.1 Å². The van der Waals surface area contributed by atoms with E-state index in [1.54, 1.807) is 12.3 Å². The van der Waals surface area contributed by atoms with Crippen molar-refractivity contribution in [3.63, 3.8) is 0 Å². The van der Waals surface area contributed by atoms with E-state index < -0.39 is 0 Å². The molecule has 9 unspecified atom stereocenters. The highest BCUT2D eigenvalue weighted by Gasteiger charge is 2.63. The summed E-state index contributed by atoms with van der Waals surface area (Å²) < 4.78 is 0. The molecule has 32 heavy (non-hydrogen) atoms. The number of carbonyl (C=O) groups is 1. The van der Waals surface area contributed by atoms with Gasteiger partial charge in [0.2, 0.25) is 0 Å². The third-order valence-electron chi connectivity index (χ3n) is 10.7. The Morgan fingerprint density at radius 1 is 1.03 bits per heavy atom. The molecule has 0 saturated heterocycles. The molecule has 9 atom stereocenters. The minimum Gasteiger partial charge on any atom is -0.384 e. The smallest absolute Gasteiger partial charge is 0.155 e. The van der Waals surface area contributed by atoms with Crippen LogP contribution in [0, 0.1) is 75.4 Å². The number of fused-ring (bicyclic) bond motifs is 5. The Bertz CT molecular complexity index is 823. The molecule has 0 aromatic heterocycles. The molecule has 0 aliphatic heterocycles. The maximum Gasteiger partial charge on any atom is 0.155 e. The maximum atomic E-state index is 13.4. The van der Waals surface area contributed by atoms with E-state index in [2.05, 4.69) is 19.2 Å². The predicted octanol–water partition coefficient (Wildman–Crippen LogP) is 5.74. The van der Waals surface area contributed by atoms with Crippen molar-refractivity contribution in [2.75, 3.05) is 6.54 Å². The first-order chi connectivity index (χ1) is 15.4. The van der Waals surface area contributed by atoms with Crippen molar-refractivity contribution in [2.24, 2.45) is 58.7 Å². The lowest BCUT2D eigenvalue weighted by Crippen LogP contribution is -2.51. The van der Waals surface area contributed by atoms with E-state index in [0.29, 0.717) is 12.3 Å². The summed E-state index contributed by atoms with van der Waals surface area (Å²) in [7, 11) is 0. The second-order valence-corrected chi connectivity index (χ2v) is 12.3. The molecule has 5 aliphatic carbocycles. The number of Topliss-reactive ketones (excluding diaryl/α,β-unsaturated/α-hetero) is 1. The van der Waals surface area contributed by atoms with Gasteiger partial charge in [0.15, 0.2) is 5.78 Å². The van der Waals surface area contributed by atoms with Crippen molar-refractivity contribution in [1.82, 2.24) is 5.32 Å². The Morgan fingerprint density at radius 2 is 1.78 bits per heavy atom. The summed E-state index contributed by atoms with van der Waals surface area (Å²) in [4.78, 5) is 13.4. The number of carbonyl (C=O) groups excluding carboxylic acids is 1. The van der Waals surface area contributed by atoms with E-state index in [4.69, 9.17) is 10.7 Å². The highest BCUT2D eigenvalue weighted by molar-refractivity contribution is 6.04. The Labute approximate surface area is 194 Å². The van der Waals surface area contributed by atoms with Crippen LogP contribution >= 0.6 is 0 Å². The number of hydrogen-bond acceptors (Lipinski definition) is 4. The summed E-state index contributed by atoms with van der Waals surface area (Å²) >= 11 is 0. The van der Waals surface area contributed by atoms with Gasteiger partial charge in [0.05, 0.1) is 6.54 Å². The monoisotopic (exact) mass is 435 g/mol. The highest BCUT2D eigenvalue weighted by atomic mass is 16.1. The zero-order chi connectivity index (χ0) is 22.5. The van der Waals surface area contributed by atoms with Gasteiger partial charge in [-0.15, -0.1) is 0 Å². The van der Waals surface area contributed by atoms with Crippen LogP contribution in [0.25, 0.3) is 0 Å². The SMILES string of the molecule is CC1CCC2C(CCC3C2CCC2(C)C(C(=O)CN/C=C\C(=N)C#N)CC(C4CC4)C32)C1. The van der Waals surface area contributed by atoms with E-state index in [-0.39, 0.29) is 17.0 Å². The normalized spacial score (nSPS) is 45.4. The fourth-order valence-corrected chi connectivity index (χ4v) is 9.24. The van der Waals surface area contributed by atoms with Crippen molar-refractivity contribution < 1.29 is 4.79 Å². The van der Waals surface area contributed by atoms with Crippen LogP contribution < -0.4 is 5.32 Å². The quantitative estimate of drug-likeness (QED) is 0.522. The van der Waals surface area contributed by atoms with Crippen molar-refractivity contribution in [1.29, 1.82) is 10.7 Å². The van der Waals surface area contributed by atoms with Crippen LogP contribution in [0.3, 0.4) is 0 Å². The molecular formula is C28H41N3O. The van der Waals surface area contributed by atoms with Gasteiger partial charge in [0, 0.05) is 5.92 Å². The standard InChI is InChI=1S/C28H41N3O/c1-17-3-7-21-19(13-17)6-8-23-22(21)9-11-28(2)25(14-24(27(23)28)18-4-5-18)26(32)16-31-12-10-20(30)15-29/h10,12,17-19,21-25,27,30-31H,3-9,11,13-14,16H2,1-2H3/b12-10-,30-20?. The van der Waals surface area contributed by atoms with Gasteiger partial charge < -0.3 is 5.32 Å².